The van der Waals surface area contributed by atoms with Gasteiger partial charge in [-0.3, -0.25) is 4.79 Å². The Morgan fingerprint density at radius 3 is 2.44 bits per heavy atom. The summed E-state index contributed by atoms with van der Waals surface area (Å²) in [6, 6.07) is 11.3. The third-order valence-corrected chi connectivity index (χ3v) is 5.69. The number of amides is 1. The van der Waals surface area contributed by atoms with Crippen LogP contribution in [0.1, 0.15) is 41.3 Å². The third-order valence-electron chi connectivity index (χ3n) is 5.69. The van der Waals surface area contributed by atoms with E-state index >= 15 is 0 Å². The first-order valence-electron chi connectivity index (χ1n) is 11.0. The number of esters is 1. The number of nitrogens with one attached hydrogen (secondary N) is 1. The Kier molecular flexibility index (Phi) is 7.75. The maximum Gasteiger partial charge on any atom is 0.337 e. The molecular formula is C25H33N3O4. The van der Waals surface area contributed by atoms with Gasteiger partial charge in [-0.1, -0.05) is 26.0 Å². The molecule has 2 aromatic carbocycles. The number of benzene rings is 2. The molecule has 0 unspecified atom stereocenters. The van der Waals surface area contributed by atoms with Crippen molar-refractivity contribution in [2.45, 2.75) is 26.7 Å². The fourth-order valence-electron chi connectivity index (χ4n) is 3.78. The van der Waals surface area contributed by atoms with E-state index in [1.54, 1.807) is 12.1 Å². The van der Waals surface area contributed by atoms with Crippen LogP contribution in [-0.4, -0.2) is 63.7 Å². The molecule has 0 atom stereocenters. The lowest BCUT2D eigenvalue weighted by Crippen LogP contribution is -2.44. The summed E-state index contributed by atoms with van der Waals surface area (Å²) in [5.41, 5.74) is 4.00. The molecule has 3 rings (SSSR count). The fourth-order valence-corrected chi connectivity index (χ4v) is 3.78. The van der Waals surface area contributed by atoms with Gasteiger partial charge < -0.3 is 24.6 Å². The van der Waals surface area contributed by atoms with Crippen LogP contribution in [0.2, 0.25) is 0 Å². The van der Waals surface area contributed by atoms with Crippen molar-refractivity contribution in [3.63, 3.8) is 0 Å². The molecule has 1 aliphatic rings. The van der Waals surface area contributed by atoms with E-state index in [0.717, 1.165) is 48.7 Å². The minimum atomic E-state index is -0.442. The lowest BCUT2D eigenvalue weighted by molar-refractivity contribution is -0.118. The molecule has 172 valence electrons. The van der Waals surface area contributed by atoms with Crippen molar-refractivity contribution < 1.29 is 19.1 Å². The standard InChI is InChI=1S/C25H33N3O4/c1-17(2)20-8-6-18(3)14-23(20)32-16-24(29)26-21-15-19(25(30)31-5)7-9-22(21)28-12-10-27(4)11-13-28/h6-9,14-15,17H,10-13,16H2,1-5H3,(H,26,29). The lowest BCUT2D eigenvalue weighted by Gasteiger charge is -2.35. The van der Waals surface area contributed by atoms with Crippen LogP contribution in [0.25, 0.3) is 0 Å². The largest absolute Gasteiger partial charge is 0.483 e. The number of ether oxygens (including phenoxy) is 2. The molecule has 1 amide bonds. The van der Waals surface area contributed by atoms with E-state index in [9.17, 15) is 9.59 Å². The summed E-state index contributed by atoms with van der Waals surface area (Å²) in [5, 5.41) is 2.94. The number of nitrogens with zero attached hydrogens (tertiary/aromatic N) is 2. The zero-order valence-electron chi connectivity index (χ0n) is 19.6. The number of hydrogen-bond donors (Lipinski definition) is 1. The number of methoxy groups -OCH3 is 1. The number of carbonyl (C=O) groups is 2. The highest BCUT2D eigenvalue weighted by Crippen LogP contribution is 2.30. The molecular weight excluding hydrogens is 406 g/mol. The number of piperazine rings is 1. The van der Waals surface area contributed by atoms with Crippen LogP contribution < -0.4 is 15.0 Å². The predicted molar refractivity (Wildman–Crippen MR) is 127 cm³/mol. The molecule has 0 saturated carbocycles. The van der Waals surface area contributed by atoms with Gasteiger partial charge in [0.2, 0.25) is 0 Å². The minimum absolute atomic E-state index is 0.117. The summed E-state index contributed by atoms with van der Waals surface area (Å²) < 4.78 is 10.7. The maximum atomic E-state index is 12.8. The van der Waals surface area contributed by atoms with Crippen molar-refractivity contribution in [2.75, 3.05) is 57.2 Å². The van der Waals surface area contributed by atoms with Crippen LogP contribution in [0.15, 0.2) is 36.4 Å². The van der Waals surface area contributed by atoms with E-state index in [4.69, 9.17) is 9.47 Å². The molecule has 0 radical (unpaired) electrons. The van der Waals surface area contributed by atoms with Crippen LogP contribution in [-0.2, 0) is 9.53 Å². The summed E-state index contributed by atoms with van der Waals surface area (Å²) in [5.74, 6) is 0.286. The summed E-state index contributed by atoms with van der Waals surface area (Å²) in [7, 11) is 3.44. The van der Waals surface area contributed by atoms with E-state index in [-0.39, 0.29) is 18.4 Å². The van der Waals surface area contributed by atoms with Crippen molar-refractivity contribution in [3.05, 3.63) is 53.1 Å². The number of carbonyl (C=O) groups excluding carboxylic acids is 2. The molecule has 1 saturated heterocycles. The number of aryl methyl sites for hydroxylation is 1. The van der Waals surface area contributed by atoms with Crippen LogP contribution in [0.5, 0.6) is 5.75 Å². The van der Waals surface area contributed by atoms with Gasteiger partial charge in [0.1, 0.15) is 5.75 Å². The molecule has 7 heteroatoms. The molecule has 0 bridgehead atoms. The van der Waals surface area contributed by atoms with Gasteiger partial charge in [0.15, 0.2) is 6.61 Å². The molecule has 1 aliphatic heterocycles. The number of rotatable bonds is 7. The number of hydrogen-bond acceptors (Lipinski definition) is 6. The molecule has 0 aliphatic carbocycles. The lowest BCUT2D eigenvalue weighted by atomic mass is 10.0. The van der Waals surface area contributed by atoms with Gasteiger partial charge in [-0.15, -0.1) is 0 Å². The second kappa shape index (κ2) is 10.5. The van der Waals surface area contributed by atoms with E-state index in [0.29, 0.717) is 11.3 Å². The number of anilines is 2. The Balaban J connectivity index is 1.78. The van der Waals surface area contributed by atoms with Crippen LogP contribution in [0, 0.1) is 6.92 Å². The number of likely N-dealkylation sites (N-methyl/N-ethyl adjacent to an activating group) is 1. The Bertz CT molecular complexity index is 966. The summed E-state index contributed by atoms with van der Waals surface area (Å²) >= 11 is 0. The molecule has 32 heavy (non-hydrogen) atoms. The van der Waals surface area contributed by atoms with Crippen molar-refractivity contribution in [3.8, 4) is 5.75 Å². The van der Waals surface area contributed by atoms with Crippen LogP contribution in [0.3, 0.4) is 0 Å². The smallest absolute Gasteiger partial charge is 0.337 e. The molecule has 2 aromatic rings. The van der Waals surface area contributed by atoms with Gasteiger partial charge in [-0.2, -0.15) is 0 Å². The quantitative estimate of drug-likeness (QED) is 0.664. The van der Waals surface area contributed by atoms with Crippen molar-refractivity contribution >= 4 is 23.3 Å². The second-order valence-corrected chi connectivity index (χ2v) is 8.55. The van der Waals surface area contributed by atoms with Gasteiger partial charge in [-0.05, 0) is 55.3 Å². The van der Waals surface area contributed by atoms with Gasteiger partial charge in [-0.25, -0.2) is 4.79 Å². The normalized spacial score (nSPS) is 14.4. The molecule has 1 heterocycles. The molecule has 1 N–H and O–H groups in total. The summed E-state index contributed by atoms with van der Waals surface area (Å²) in [4.78, 5) is 29.3. The summed E-state index contributed by atoms with van der Waals surface area (Å²) in [6.07, 6.45) is 0. The third kappa shape index (κ3) is 5.79. The molecule has 7 nitrogen and oxygen atoms in total. The maximum absolute atomic E-state index is 12.8. The first-order valence-corrected chi connectivity index (χ1v) is 11.0. The molecule has 0 spiro atoms. The monoisotopic (exact) mass is 439 g/mol. The highest BCUT2D eigenvalue weighted by Gasteiger charge is 2.20. The molecule has 1 fully saturated rings. The van der Waals surface area contributed by atoms with E-state index in [1.807, 2.05) is 31.2 Å². The van der Waals surface area contributed by atoms with E-state index in [2.05, 4.69) is 36.0 Å². The first-order chi connectivity index (χ1) is 15.3. The second-order valence-electron chi connectivity index (χ2n) is 8.55. The van der Waals surface area contributed by atoms with Gasteiger partial charge in [0.05, 0.1) is 24.0 Å². The zero-order chi connectivity index (χ0) is 23.3. The highest BCUT2D eigenvalue weighted by molar-refractivity contribution is 5.98. The Morgan fingerprint density at radius 2 is 1.78 bits per heavy atom. The van der Waals surface area contributed by atoms with E-state index in [1.165, 1.54) is 7.11 Å². The Hall–Kier alpha value is -3.06. The fraction of sp³-hybridized carbons (Fsp3) is 0.440. The van der Waals surface area contributed by atoms with Gasteiger partial charge in [0.25, 0.3) is 5.91 Å². The summed E-state index contributed by atoms with van der Waals surface area (Å²) in [6.45, 7) is 9.62. The average Bonchev–Trinajstić information content (AvgIpc) is 2.77. The van der Waals surface area contributed by atoms with Crippen LogP contribution >= 0.6 is 0 Å². The van der Waals surface area contributed by atoms with Crippen molar-refractivity contribution in [1.82, 2.24) is 4.90 Å². The topological polar surface area (TPSA) is 71.1 Å². The zero-order valence-corrected chi connectivity index (χ0v) is 19.6. The van der Waals surface area contributed by atoms with E-state index < -0.39 is 5.97 Å². The minimum Gasteiger partial charge on any atom is -0.483 e. The first kappa shape index (κ1) is 23.6. The SMILES string of the molecule is COC(=O)c1ccc(N2CCN(C)CC2)c(NC(=O)COc2cc(C)ccc2C(C)C)c1. The highest BCUT2D eigenvalue weighted by atomic mass is 16.5. The van der Waals surface area contributed by atoms with Crippen molar-refractivity contribution in [2.24, 2.45) is 0 Å². The Labute approximate surface area is 190 Å². The van der Waals surface area contributed by atoms with Crippen LogP contribution in [0.4, 0.5) is 11.4 Å². The van der Waals surface area contributed by atoms with Crippen molar-refractivity contribution in [1.29, 1.82) is 0 Å². The Morgan fingerprint density at radius 1 is 1.06 bits per heavy atom. The molecule has 0 aromatic heterocycles. The average molecular weight is 440 g/mol. The predicted octanol–water partition coefficient (Wildman–Crippen LogP) is 3.67. The van der Waals surface area contributed by atoms with Gasteiger partial charge in [0, 0.05) is 26.2 Å². The van der Waals surface area contributed by atoms with Gasteiger partial charge >= 0.3 is 5.97 Å².